The number of ether oxygens (including phenoxy) is 2. The molecule has 0 bridgehead atoms. The molecule has 6 rings (SSSR count). The average Bonchev–Trinajstić information content (AvgIpc) is 3.47. The fraction of sp³-hybridized carbons (Fsp3) is 0.121. The monoisotopic (exact) mass is 580 g/mol. The van der Waals surface area contributed by atoms with Crippen LogP contribution in [0.15, 0.2) is 108 Å². The Balaban J connectivity index is 1.49. The van der Waals surface area contributed by atoms with E-state index in [0.29, 0.717) is 22.4 Å². The van der Waals surface area contributed by atoms with E-state index in [0.717, 1.165) is 50.9 Å². The zero-order valence-electron chi connectivity index (χ0n) is 22.5. The maximum atomic E-state index is 6.24. The smallest absolute Gasteiger partial charge is 0.247 e. The average molecular weight is 582 g/mol. The number of hydrogen-bond acceptors (Lipinski definition) is 6. The Kier molecular flexibility index (Phi) is 7.59. The molecule has 6 nitrogen and oxygen atoms in total. The lowest BCUT2D eigenvalue weighted by Gasteiger charge is -2.23. The molecule has 1 unspecified atom stereocenters. The first-order valence-corrected chi connectivity index (χ1v) is 13.8. The third-order valence-corrected chi connectivity index (χ3v) is 7.54. The maximum absolute atomic E-state index is 6.24. The van der Waals surface area contributed by atoms with E-state index in [4.69, 9.17) is 47.7 Å². The number of anilines is 1. The van der Waals surface area contributed by atoms with E-state index < -0.39 is 0 Å². The van der Waals surface area contributed by atoms with Crippen molar-refractivity contribution < 1.29 is 9.47 Å². The second kappa shape index (κ2) is 11.6. The van der Waals surface area contributed by atoms with Crippen LogP contribution >= 0.6 is 23.2 Å². The van der Waals surface area contributed by atoms with Gasteiger partial charge in [0.05, 0.1) is 37.4 Å². The van der Waals surface area contributed by atoms with Gasteiger partial charge in [0.1, 0.15) is 11.5 Å². The first kappa shape index (κ1) is 26.8. The van der Waals surface area contributed by atoms with Crippen LogP contribution in [0.25, 0.3) is 22.5 Å². The van der Waals surface area contributed by atoms with Gasteiger partial charge in [0.15, 0.2) is 0 Å². The lowest BCUT2D eigenvalue weighted by atomic mass is 9.98. The Morgan fingerprint density at radius 3 is 1.61 bits per heavy atom. The van der Waals surface area contributed by atoms with E-state index in [9.17, 15) is 0 Å². The second-order valence-corrected chi connectivity index (χ2v) is 10.4. The van der Waals surface area contributed by atoms with Crippen LogP contribution in [0.2, 0.25) is 10.0 Å². The minimum atomic E-state index is -0.131. The highest BCUT2D eigenvalue weighted by molar-refractivity contribution is 6.30. The Morgan fingerprint density at radius 1 is 0.634 bits per heavy atom. The lowest BCUT2D eigenvalue weighted by molar-refractivity contribution is 0.414. The van der Waals surface area contributed by atoms with Gasteiger partial charge in [0, 0.05) is 27.6 Å². The van der Waals surface area contributed by atoms with E-state index in [1.54, 1.807) is 14.2 Å². The van der Waals surface area contributed by atoms with Crippen molar-refractivity contribution >= 4 is 34.9 Å². The molecular weight excluding hydrogens is 555 g/mol. The maximum Gasteiger partial charge on any atom is 0.247 e. The number of hydrogen-bond donors (Lipinski definition) is 0. The van der Waals surface area contributed by atoms with Crippen LogP contribution in [-0.4, -0.2) is 29.9 Å². The molecule has 0 N–H and O–H groups in total. The molecule has 1 aliphatic rings. The minimum absolute atomic E-state index is 0.131. The number of aromatic nitrogens is 2. The number of halogens is 2. The molecule has 0 radical (unpaired) electrons. The lowest BCUT2D eigenvalue weighted by Crippen LogP contribution is -2.21. The highest BCUT2D eigenvalue weighted by Gasteiger charge is 2.32. The number of hydrazone groups is 1. The van der Waals surface area contributed by atoms with Crippen molar-refractivity contribution in [2.24, 2.45) is 5.10 Å². The normalized spacial score (nSPS) is 14.6. The molecule has 8 heteroatoms. The number of nitrogens with zero attached hydrogens (tertiary/aromatic N) is 4. The second-order valence-electron chi connectivity index (χ2n) is 9.57. The van der Waals surface area contributed by atoms with Crippen molar-refractivity contribution in [3.63, 3.8) is 0 Å². The Labute approximate surface area is 248 Å². The van der Waals surface area contributed by atoms with Crippen molar-refractivity contribution in [2.45, 2.75) is 12.5 Å². The minimum Gasteiger partial charge on any atom is -0.497 e. The van der Waals surface area contributed by atoms with Gasteiger partial charge in [-0.25, -0.2) is 15.0 Å². The molecule has 0 fully saturated rings. The standard InChI is InChI=1S/C33H26Cl2N4O2/c1-40-27-15-7-22(8-16-27)30-19-29(21-3-11-25(34)12-4-21)36-33(37-30)39-32(24-5-13-26(35)14-6-24)20-31(38-39)23-9-17-28(41-2)18-10-23/h3-19,32H,20H2,1-2H3. The highest BCUT2D eigenvalue weighted by Crippen LogP contribution is 2.38. The molecule has 0 saturated heterocycles. The third kappa shape index (κ3) is 5.75. The van der Waals surface area contributed by atoms with Gasteiger partial charge in [-0.3, -0.25) is 0 Å². The van der Waals surface area contributed by atoms with Crippen molar-refractivity contribution in [2.75, 3.05) is 19.2 Å². The largest absolute Gasteiger partial charge is 0.497 e. The van der Waals surface area contributed by atoms with Gasteiger partial charge in [-0.05, 0) is 90.0 Å². The summed E-state index contributed by atoms with van der Waals surface area (Å²) in [5.74, 6) is 2.06. The molecule has 0 spiro atoms. The fourth-order valence-corrected chi connectivity index (χ4v) is 5.06. The van der Waals surface area contributed by atoms with Crippen LogP contribution in [0, 0.1) is 0 Å². The van der Waals surface area contributed by atoms with Crippen molar-refractivity contribution in [1.29, 1.82) is 0 Å². The molecule has 2 heterocycles. The number of benzene rings is 4. The Hall–Kier alpha value is -4.39. The van der Waals surface area contributed by atoms with Crippen LogP contribution < -0.4 is 14.5 Å². The molecule has 4 aromatic carbocycles. The van der Waals surface area contributed by atoms with Gasteiger partial charge in [0.2, 0.25) is 5.95 Å². The topological polar surface area (TPSA) is 59.8 Å². The molecule has 0 amide bonds. The summed E-state index contributed by atoms with van der Waals surface area (Å²) < 4.78 is 10.7. The Bertz CT molecular complexity index is 1690. The summed E-state index contributed by atoms with van der Waals surface area (Å²) >= 11 is 12.4. The Morgan fingerprint density at radius 2 is 1.10 bits per heavy atom. The molecule has 5 aromatic rings. The van der Waals surface area contributed by atoms with E-state index in [-0.39, 0.29) is 6.04 Å². The molecule has 0 saturated carbocycles. The summed E-state index contributed by atoms with van der Waals surface area (Å²) in [4.78, 5) is 10.0. The zero-order valence-corrected chi connectivity index (χ0v) is 24.0. The van der Waals surface area contributed by atoms with Crippen LogP contribution in [-0.2, 0) is 0 Å². The molecule has 1 aromatic heterocycles. The van der Waals surface area contributed by atoms with Crippen LogP contribution in [0.3, 0.4) is 0 Å². The third-order valence-electron chi connectivity index (χ3n) is 7.03. The summed E-state index contributed by atoms with van der Waals surface area (Å²) in [5, 5.41) is 8.34. The summed E-state index contributed by atoms with van der Waals surface area (Å²) in [6.45, 7) is 0. The summed E-state index contributed by atoms with van der Waals surface area (Å²) in [6, 6.07) is 33.1. The SMILES string of the molecule is COc1ccc(C2=NN(c3nc(-c4ccc(Cl)cc4)cc(-c4ccc(OC)cc4)n3)C(c3ccc(Cl)cc3)C2)cc1. The molecule has 204 valence electrons. The van der Waals surface area contributed by atoms with Gasteiger partial charge in [-0.15, -0.1) is 0 Å². The zero-order chi connectivity index (χ0) is 28.3. The van der Waals surface area contributed by atoms with Crippen LogP contribution in [0.1, 0.15) is 23.6 Å². The number of methoxy groups -OCH3 is 2. The predicted octanol–water partition coefficient (Wildman–Crippen LogP) is 8.49. The predicted molar refractivity (Wildman–Crippen MR) is 165 cm³/mol. The first-order chi connectivity index (χ1) is 20.0. The molecule has 1 aliphatic heterocycles. The fourth-order valence-electron chi connectivity index (χ4n) is 4.81. The van der Waals surface area contributed by atoms with Crippen LogP contribution in [0.4, 0.5) is 5.95 Å². The van der Waals surface area contributed by atoms with Crippen molar-refractivity contribution in [3.05, 3.63) is 124 Å². The van der Waals surface area contributed by atoms with Gasteiger partial charge < -0.3 is 9.47 Å². The molecule has 41 heavy (non-hydrogen) atoms. The van der Waals surface area contributed by atoms with Gasteiger partial charge >= 0.3 is 0 Å². The highest BCUT2D eigenvalue weighted by atomic mass is 35.5. The van der Waals surface area contributed by atoms with E-state index in [1.807, 2.05) is 108 Å². The van der Waals surface area contributed by atoms with Gasteiger partial charge in [-0.1, -0.05) is 47.5 Å². The molecule has 0 aliphatic carbocycles. The van der Waals surface area contributed by atoms with Crippen LogP contribution in [0.5, 0.6) is 11.5 Å². The van der Waals surface area contributed by atoms with Crippen molar-refractivity contribution in [1.82, 2.24) is 9.97 Å². The summed E-state index contributed by atoms with van der Waals surface area (Å²) in [5.41, 5.74) is 6.40. The molecule has 1 atom stereocenters. The van der Waals surface area contributed by atoms with E-state index in [2.05, 4.69) is 0 Å². The van der Waals surface area contributed by atoms with Crippen molar-refractivity contribution in [3.8, 4) is 34.0 Å². The summed E-state index contributed by atoms with van der Waals surface area (Å²) in [7, 11) is 3.31. The van der Waals surface area contributed by atoms with E-state index in [1.165, 1.54) is 0 Å². The quantitative estimate of drug-likeness (QED) is 0.193. The summed E-state index contributed by atoms with van der Waals surface area (Å²) in [6.07, 6.45) is 0.667. The first-order valence-electron chi connectivity index (χ1n) is 13.1. The van der Waals surface area contributed by atoms with E-state index >= 15 is 0 Å². The molecular formula is C33H26Cl2N4O2. The van der Waals surface area contributed by atoms with Gasteiger partial charge in [0.25, 0.3) is 0 Å². The number of rotatable bonds is 7. The van der Waals surface area contributed by atoms with Gasteiger partial charge in [-0.2, -0.15) is 5.10 Å².